The second-order valence-electron chi connectivity index (χ2n) is 5.71. The number of nitrogens with zero attached hydrogens (tertiary/aromatic N) is 1. The summed E-state index contributed by atoms with van der Waals surface area (Å²) in [5.41, 5.74) is 1.06. The molecule has 0 aromatic heterocycles. The molecule has 0 radical (unpaired) electrons. The number of hydrogen-bond donors (Lipinski definition) is 1. The van der Waals surface area contributed by atoms with Crippen LogP contribution >= 0.6 is 0 Å². The number of carbonyl (C=O) groups excluding carboxylic acids is 2. The van der Waals surface area contributed by atoms with Gasteiger partial charge in [-0.2, -0.15) is 0 Å². The molecule has 21 heavy (non-hydrogen) atoms. The van der Waals surface area contributed by atoms with Crippen LogP contribution in [0.25, 0.3) is 0 Å². The first-order valence-corrected chi connectivity index (χ1v) is 7.78. The third kappa shape index (κ3) is 3.16. The average Bonchev–Trinajstić information content (AvgIpc) is 2.75. The van der Waals surface area contributed by atoms with E-state index in [1.807, 2.05) is 0 Å². The van der Waals surface area contributed by atoms with E-state index >= 15 is 0 Å². The van der Waals surface area contributed by atoms with Crippen LogP contribution in [-0.4, -0.2) is 35.8 Å². The van der Waals surface area contributed by atoms with Gasteiger partial charge in [-0.05, 0) is 31.0 Å². The Balaban J connectivity index is 2.15. The average molecular weight is 288 g/mol. The summed E-state index contributed by atoms with van der Waals surface area (Å²) < 4.78 is 0. The molecule has 0 bridgehead atoms. The largest absolute Gasteiger partial charge is 0.312 e. The SMILES string of the molecule is CCCNC(CN1C(=O)c2ccccc2C1=O)C(C)CC. The molecule has 1 aliphatic heterocycles. The molecular formula is C17H24N2O2. The Hall–Kier alpha value is -1.68. The fourth-order valence-electron chi connectivity index (χ4n) is 2.66. The number of nitrogens with one attached hydrogen (secondary N) is 1. The van der Waals surface area contributed by atoms with Crippen molar-refractivity contribution in [1.82, 2.24) is 10.2 Å². The topological polar surface area (TPSA) is 49.4 Å². The van der Waals surface area contributed by atoms with Crippen molar-refractivity contribution in [3.05, 3.63) is 35.4 Å². The Labute approximate surface area is 126 Å². The molecule has 1 aromatic carbocycles. The summed E-state index contributed by atoms with van der Waals surface area (Å²) in [5, 5.41) is 3.47. The van der Waals surface area contributed by atoms with Crippen molar-refractivity contribution in [2.75, 3.05) is 13.1 Å². The molecule has 1 heterocycles. The van der Waals surface area contributed by atoms with Crippen LogP contribution in [0.3, 0.4) is 0 Å². The molecule has 2 rings (SSSR count). The van der Waals surface area contributed by atoms with Crippen LogP contribution < -0.4 is 5.32 Å². The maximum absolute atomic E-state index is 12.4. The van der Waals surface area contributed by atoms with E-state index in [-0.39, 0.29) is 17.9 Å². The number of carbonyl (C=O) groups is 2. The molecule has 0 spiro atoms. The molecule has 1 aromatic rings. The maximum atomic E-state index is 12.4. The maximum Gasteiger partial charge on any atom is 0.261 e. The normalized spacial score (nSPS) is 17.0. The van der Waals surface area contributed by atoms with Crippen LogP contribution in [-0.2, 0) is 0 Å². The third-order valence-electron chi connectivity index (χ3n) is 4.24. The number of imide groups is 1. The van der Waals surface area contributed by atoms with Gasteiger partial charge < -0.3 is 5.32 Å². The standard InChI is InChI=1S/C17H24N2O2/c1-4-10-18-15(12(3)5-2)11-19-16(20)13-8-6-7-9-14(13)17(19)21/h6-9,12,15,18H,4-5,10-11H2,1-3H3. The fraction of sp³-hybridized carbons (Fsp3) is 0.529. The zero-order chi connectivity index (χ0) is 15.4. The molecule has 0 aliphatic carbocycles. The van der Waals surface area contributed by atoms with E-state index < -0.39 is 0 Å². The minimum absolute atomic E-state index is 0.150. The van der Waals surface area contributed by atoms with E-state index in [2.05, 4.69) is 26.1 Å². The Morgan fingerprint density at radius 3 is 2.14 bits per heavy atom. The summed E-state index contributed by atoms with van der Waals surface area (Å²) in [6.45, 7) is 7.75. The number of benzene rings is 1. The van der Waals surface area contributed by atoms with E-state index in [0.29, 0.717) is 23.6 Å². The van der Waals surface area contributed by atoms with Crippen LogP contribution in [0.2, 0.25) is 0 Å². The summed E-state index contributed by atoms with van der Waals surface area (Å²) in [6.07, 6.45) is 2.06. The third-order valence-corrected chi connectivity index (χ3v) is 4.24. The molecule has 2 amide bonds. The molecule has 0 saturated carbocycles. The molecular weight excluding hydrogens is 264 g/mol. The molecule has 4 heteroatoms. The van der Waals surface area contributed by atoms with E-state index in [1.165, 1.54) is 4.90 Å². The highest BCUT2D eigenvalue weighted by Gasteiger charge is 2.36. The van der Waals surface area contributed by atoms with Gasteiger partial charge in [0.15, 0.2) is 0 Å². The van der Waals surface area contributed by atoms with Gasteiger partial charge in [-0.1, -0.05) is 39.3 Å². The molecule has 1 N–H and O–H groups in total. The molecule has 0 fully saturated rings. The van der Waals surface area contributed by atoms with E-state index in [4.69, 9.17) is 0 Å². The van der Waals surface area contributed by atoms with Crippen LogP contribution in [0.1, 0.15) is 54.3 Å². The Kier molecular flexibility index (Phi) is 5.12. The highest BCUT2D eigenvalue weighted by molar-refractivity contribution is 6.21. The predicted octanol–water partition coefficient (Wildman–Crippen LogP) is 2.70. The first-order valence-electron chi connectivity index (χ1n) is 7.78. The van der Waals surface area contributed by atoms with Crippen LogP contribution in [0.5, 0.6) is 0 Å². The van der Waals surface area contributed by atoms with Crippen molar-refractivity contribution >= 4 is 11.8 Å². The number of fused-ring (bicyclic) bond motifs is 1. The van der Waals surface area contributed by atoms with Gasteiger partial charge in [-0.25, -0.2) is 0 Å². The van der Waals surface area contributed by atoms with E-state index in [1.54, 1.807) is 24.3 Å². The summed E-state index contributed by atoms with van der Waals surface area (Å²) >= 11 is 0. The second-order valence-corrected chi connectivity index (χ2v) is 5.71. The lowest BCUT2D eigenvalue weighted by Crippen LogP contribution is -2.47. The first kappa shape index (κ1) is 15.7. The monoisotopic (exact) mass is 288 g/mol. The molecule has 2 atom stereocenters. The molecule has 4 nitrogen and oxygen atoms in total. The minimum atomic E-state index is -0.165. The van der Waals surface area contributed by atoms with Gasteiger partial charge in [0.05, 0.1) is 11.1 Å². The summed E-state index contributed by atoms with van der Waals surface area (Å²) in [5.74, 6) is 0.0882. The van der Waals surface area contributed by atoms with Crippen molar-refractivity contribution in [1.29, 1.82) is 0 Å². The number of rotatable bonds is 7. The smallest absolute Gasteiger partial charge is 0.261 e. The highest BCUT2D eigenvalue weighted by atomic mass is 16.2. The highest BCUT2D eigenvalue weighted by Crippen LogP contribution is 2.23. The predicted molar refractivity (Wildman–Crippen MR) is 83.3 cm³/mol. The molecule has 2 unspecified atom stereocenters. The van der Waals surface area contributed by atoms with Gasteiger partial charge in [-0.3, -0.25) is 14.5 Å². The minimum Gasteiger partial charge on any atom is -0.312 e. The van der Waals surface area contributed by atoms with E-state index in [9.17, 15) is 9.59 Å². The van der Waals surface area contributed by atoms with Crippen LogP contribution in [0.4, 0.5) is 0 Å². The summed E-state index contributed by atoms with van der Waals surface area (Å²) in [7, 11) is 0. The zero-order valence-electron chi connectivity index (χ0n) is 13.1. The fourth-order valence-corrected chi connectivity index (χ4v) is 2.66. The summed E-state index contributed by atoms with van der Waals surface area (Å²) in [4.78, 5) is 26.2. The lowest BCUT2D eigenvalue weighted by atomic mass is 9.98. The number of hydrogen-bond acceptors (Lipinski definition) is 3. The number of amides is 2. The van der Waals surface area contributed by atoms with Crippen molar-refractivity contribution < 1.29 is 9.59 Å². The first-order chi connectivity index (χ1) is 10.1. The zero-order valence-corrected chi connectivity index (χ0v) is 13.1. The van der Waals surface area contributed by atoms with Gasteiger partial charge in [0.1, 0.15) is 0 Å². The van der Waals surface area contributed by atoms with E-state index in [0.717, 1.165) is 19.4 Å². The Bertz CT molecular complexity index is 492. The van der Waals surface area contributed by atoms with Gasteiger partial charge in [-0.15, -0.1) is 0 Å². The Morgan fingerprint density at radius 1 is 1.10 bits per heavy atom. The van der Waals surface area contributed by atoms with Gasteiger partial charge in [0.25, 0.3) is 11.8 Å². The Morgan fingerprint density at radius 2 is 1.67 bits per heavy atom. The van der Waals surface area contributed by atoms with Crippen molar-refractivity contribution in [2.24, 2.45) is 5.92 Å². The second kappa shape index (κ2) is 6.85. The lowest BCUT2D eigenvalue weighted by molar-refractivity contribution is 0.0626. The molecule has 1 aliphatic rings. The van der Waals surface area contributed by atoms with Crippen molar-refractivity contribution in [3.8, 4) is 0 Å². The van der Waals surface area contributed by atoms with Gasteiger partial charge in [0.2, 0.25) is 0 Å². The molecule has 114 valence electrons. The van der Waals surface area contributed by atoms with Gasteiger partial charge >= 0.3 is 0 Å². The van der Waals surface area contributed by atoms with Crippen LogP contribution in [0, 0.1) is 5.92 Å². The van der Waals surface area contributed by atoms with Crippen molar-refractivity contribution in [3.63, 3.8) is 0 Å². The van der Waals surface area contributed by atoms with Crippen molar-refractivity contribution in [2.45, 2.75) is 39.7 Å². The van der Waals surface area contributed by atoms with Gasteiger partial charge in [0, 0.05) is 12.6 Å². The quantitative estimate of drug-likeness (QED) is 0.785. The lowest BCUT2D eigenvalue weighted by Gasteiger charge is -2.28. The summed E-state index contributed by atoms with van der Waals surface area (Å²) in [6, 6.07) is 7.21. The van der Waals surface area contributed by atoms with Crippen LogP contribution in [0.15, 0.2) is 24.3 Å². The molecule has 0 saturated heterocycles.